The molecule has 1 atom stereocenters. The Morgan fingerprint density at radius 3 is 2.69 bits per heavy atom. The maximum atomic E-state index is 12.8. The number of alkyl halides is 3. The zero-order chi connectivity index (χ0) is 22.5. The highest BCUT2D eigenvalue weighted by atomic mass is 32.2. The Bertz CT molecular complexity index is 1410. The van der Waals surface area contributed by atoms with Crippen molar-refractivity contribution >= 4 is 51.0 Å². The third-order valence-electron chi connectivity index (χ3n) is 4.73. The van der Waals surface area contributed by atoms with Crippen LogP contribution in [0.5, 0.6) is 0 Å². The van der Waals surface area contributed by atoms with Crippen molar-refractivity contribution in [2.75, 3.05) is 0 Å². The normalized spacial score (nSPS) is 14.3. The Hall–Kier alpha value is -2.54. The first-order chi connectivity index (χ1) is 15.2. The van der Waals surface area contributed by atoms with Crippen molar-refractivity contribution in [1.29, 1.82) is 0 Å². The van der Waals surface area contributed by atoms with Gasteiger partial charge < -0.3 is 5.11 Å². The molecule has 0 saturated heterocycles. The number of rotatable bonds is 5. The lowest BCUT2D eigenvalue weighted by Crippen LogP contribution is -2.28. The third kappa shape index (κ3) is 4.10. The fraction of sp³-hybridized carbons (Fsp3) is 0.200. The van der Waals surface area contributed by atoms with Gasteiger partial charge in [0.05, 0.1) is 16.8 Å². The highest BCUT2D eigenvalue weighted by Gasteiger charge is 2.40. The van der Waals surface area contributed by atoms with Gasteiger partial charge in [-0.05, 0) is 36.6 Å². The summed E-state index contributed by atoms with van der Waals surface area (Å²) in [6.07, 6.45) is -2.79. The highest BCUT2D eigenvalue weighted by molar-refractivity contribution is 8.01. The van der Waals surface area contributed by atoms with Crippen molar-refractivity contribution in [3.8, 4) is 10.8 Å². The zero-order valence-corrected chi connectivity index (χ0v) is 18.8. The van der Waals surface area contributed by atoms with Gasteiger partial charge in [0.25, 0.3) is 0 Å². The Kier molecular flexibility index (Phi) is 5.19. The first-order valence-electron chi connectivity index (χ1n) is 9.31. The Morgan fingerprint density at radius 1 is 1.12 bits per heavy atom. The van der Waals surface area contributed by atoms with Crippen molar-refractivity contribution in [2.45, 2.75) is 34.4 Å². The number of aromatic nitrogens is 5. The second kappa shape index (κ2) is 7.80. The molecule has 1 aromatic carbocycles. The van der Waals surface area contributed by atoms with Crippen LogP contribution in [0, 0.1) is 0 Å². The van der Waals surface area contributed by atoms with E-state index < -0.39 is 18.2 Å². The highest BCUT2D eigenvalue weighted by Crippen LogP contribution is 2.40. The molecule has 0 amide bonds. The number of thiazole rings is 2. The predicted octanol–water partition coefficient (Wildman–Crippen LogP) is 5.77. The molecule has 1 N–H and O–H groups in total. The molecule has 0 aliphatic rings. The summed E-state index contributed by atoms with van der Waals surface area (Å²) in [4.78, 5) is 9.57. The molecular weight excluding hydrogens is 479 g/mol. The quantitative estimate of drug-likeness (QED) is 0.335. The van der Waals surface area contributed by atoms with Gasteiger partial charge in [0, 0.05) is 22.7 Å². The van der Waals surface area contributed by atoms with E-state index in [9.17, 15) is 18.3 Å². The summed E-state index contributed by atoms with van der Waals surface area (Å²) < 4.78 is 40.8. The van der Waals surface area contributed by atoms with Gasteiger partial charge in [-0.25, -0.2) is 9.97 Å². The number of fused-ring (bicyclic) bond motifs is 3. The number of hydrogen-bond acceptors (Lipinski definition) is 8. The fourth-order valence-corrected chi connectivity index (χ4v) is 5.97. The minimum Gasteiger partial charge on any atom is -0.384 e. The van der Waals surface area contributed by atoms with E-state index in [2.05, 4.69) is 20.2 Å². The van der Waals surface area contributed by atoms with E-state index in [0.717, 1.165) is 39.1 Å². The van der Waals surface area contributed by atoms with Gasteiger partial charge in [-0.3, -0.25) is 4.40 Å². The van der Waals surface area contributed by atoms with Gasteiger partial charge in [0.1, 0.15) is 5.60 Å². The van der Waals surface area contributed by atoms with Gasteiger partial charge in [0.15, 0.2) is 20.8 Å². The molecule has 5 rings (SSSR count). The topological polar surface area (TPSA) is 76.2 Å². The van der Waals surface area contributed by atoms with Crippen LogP contribution in [0.3, 0.4) is 0 Å². The molecule has 1 unspecified atom stereocenters. The van der Waals surface area contributed by atoms with E-state index in [1.807, 2.05) is 40.1 Å². The molecule has 4 heterocycles. The van der Waals surface area contributed by atoms with Crippen LogP contribution >= 0.6 is 34.4 Å². The average Bonchev–Trinajstić information content (AvgIpc) is 3.46. The number of halogens is 3. The van der Waals surface area contributed by atoms with Gasteiger partial charge >= 0.3 is 6.18 Å². The molecule has 12 heteroatoms. The lowest BCUT2D eigenvalue weighted by atomic mass is 10.0. The fourth-order valence-electron chi connectivity index (χ4n) is 3.33. The van der Waals surface area contributed by atoms with Crippen molar-refractivity contribution in [3.63, 3.8) is 0 Å². The monoisotopic (exact) mass is 493 g/mol. The lowest BCUT2D eigenvalue weighted by molar-refractivity contribution is -0.174. The molecule has 0 saturated carbocycles. The van der Waals surface area contributed by atoms with Crippen molar-refractivity contribution in [1.82, 2.24) is 24.6 Å². The predicted molar refractivity (Wildman–Crippen MR) is 118 cm³/mol. The maximum Gasteiger partial charge on any atom is 0.392 e. The molecule has 5 aromatic rings. The van der Waals surface area contributed by atoms with Crippen molar-refractivity contribution in [2.24, 2.45) is 0 Å². The first kappa shape index (κ1) is 21.3. The van der Waals surface area contributed by atoms with Crippen LogP contribution in [0.15, 0.2) is 57.3 Å². The number of aliphatic hydroxyl groups is 1. The van der Waals surface area contributed by atoms with Crippen LogP contribution in [0.25, 0.3) is 27.4 Å². The summed E-state index contributed by atoms with van der Waals surface area (Å²) in [5, 5.41) is 22.4. The Morgan fingerprint density at radius 2 is 1.94 bits per heavy atom. The molecule has 0 aliphatic carbocycles. The smallest absolute Gasteiger partial charge is 0.384 e. The molecule has 32 heavy (non-hydrogen) atoms. The van der Waals surface area contributed by atoms with Crippen LogP contribution < -0.4 is 0 Å². The molecule has 0 radical (unpaired) electrons. The average molecular weight is 494 g/mol. The number of benzene rings is 1. The SMILES string of the molecule is CC(O)(CC(F)(F)F)c1cnc(Sc2ccc3ccc4nnc(-c5nccs5)n4c3c2)s1. The molecule has 0 spiro atoms. The van der Waals surface area contributed by atoms with Crippen LogP contribution in [-0.4, -0.2) is 35.8 Å². The van der Waals surface area contributed by atoms with E-state index in [1.54, 1.807) is 6.20 Å². The molecule has 6 nitrogen and oxygen atoms in total. The number of nitrogens with zero attached hydrogens (tertiary/aromatic N) is 5. The summed E-state index contributed by atoms with van der Waals surface area (Å²) in [5.41, 5.74) is -0.455. The lowest BCUT2D eigenvalue weighted by Gasteiger charge is -2.22. The molecule has 0 aliphatic heterocycles. The summed E-state index contributed by atoms with van der Waals surface area (Å²) in [5.74, 6) is 0.641. The Labute approximate surface area is 191 Å². The summed E-state index contributed by atoms with van der Waals surface area (Å²) in [7, 11) is 0. The van der Waals surface area contributed by atoms with E-state index in [1.165, 1.54) is 29.3 Å². The number of hydrogen-bond donors (Lipinski definition) is 1. The number of pyridine rings is 1. The van der Waals surface area contributed by atoms with E-state index >= 15 is 0 Å². The maximum absolute atomic E-state index is 12.8. The summed E-state index contributed by atoms with van der Waals surface area (Å²) in [6.45, 7) is 1.15. The molecule has 4 aromatic heterocycles. The van der Waals surface area contributed by atoms with Crippen LogP contribution in [0.1, 0.15) is 18.2 Å². The zero-order valence-electron chi connectivity index (χ0n) is 16.4. The first-order valence-corrected chi connectivity index (χ1v) is 11.8. The van der Waals surface area contributed by atoms with E-state index in [0.29, 0.717) is 15.8 Å². The summed E-state index contributed by atoms with van der Waals surface area (Å²) in [6, 6.07) is 9.67. The molecule has 0 fully saturated rings. The van der Waals surface area contributed by atoms with E-state index in [4.69, 9.17) is 0 Å². The molecular formula is C20H14F3N5OS3. The second-order valence-electron chi connectivity index (χ2n) is 7.27. The Balaban J connectivity index is 1.50. The van der Waals surface area contributed by atoms with Crippen LogP contribution in [0.4, 0.5) is 13.2 Å². The van der Waals surface area contributed by atoms with Gasteiger partial charge in [-0.1, -0.05) is 17.8 Å². The van der Waals surface area contributed by atoms with E-state index in [-0.39, 0.29) is 4.88 Å². The minimum absolute atomic E-state index is 0.172. The van der Waals surface area contributed by atoms with Gasteiger partial charge in [-0.2, -0.15) is 13.2 Å². The van der Waals surface area contributed by atoms with Crippen LogP contribution in [-0.2, 0) is 5.60 Å². The van der Waals surface area contributed by atoms with Crippen molar-refractivity contribution < 1.29 is 18.3 Å². The third-order valence-corrected chi connectivity index (χ3v) is 7.82. The standard InChI is InChI=1S/C20H14F3N5OS3/c1-19(29,10-20(21,22)23)14-9-25-18(32-14)31-12-4-2-11-3-5-15-26-27-16(17-24-6-7-30-17)28(15)13(11)8-12/h2-9,29H,10H2,1H3. The van der Waals surface area contributed by atoms with Gasteiger partial charge in [-0.15, -0.1) is 32.9 Å². The summed E-state index contributed by atoms with van der Waals surface area (Å²) >= 11 is 3.84. The van der Waals surface area contributed by atoms with Crippen molar-refractivity contribution in [3.05, 3.63) is 53.0 Å². The minimum atomic E-state index is -4.47. The molecule has 164 valence electrons. The van der Waals surface area contributed by atoms with Crippen LogP contribution in [0.2, 0.25) is 0 Å². The largest absolute Gasteiger partial charge is 0.392 e. The second-order valence-corrected chi connectivity index (χ2v) is 10.5. The van der Waals surface area contributed by atoms with Gasteiger partial charge in [0.2, 0.25) is 0 Å². The molecule has 0 bridgehead atoms.